The summed E-state index contributed by atoms with van der Waals surface area (Å²) in [6.45, 7) is 1.39. The minimum Gasteiger partial charge on any atom is -0.508 e. The van der Waals surface area contributed by atoms with Gasteiger partial charge in [-0.3, -0.25) is 4.79 Å². The number of phenols is 2. The molecule has 0 fully saturated rings. The number of rotatable bonds is 5. The van der Waals surface area contributed by atoms with Crippen LogP contribution in [0, 0.1) is 0 Å². The van der Waals surface area contributed by atoms with Gasteiger partial charge in [-0.15, -0.1) is 0 Å². The molecule has 2 aromatic rings. The standard InChI is InChI=1S/C16H15ClN2O4/c1-10(14-6-5-12(20)8-15(14)21)18-19-16(22)9-23-13-4-2-3-11(17)7-13/h2-8,20-21H,9H2,1H3,(H,19,22)/b18-10+. The Morgan fingerprint density at radius 2 is 2.04 bits per heavy atom. The van der Waals surface area contributed by atoms with E-state index < -0.39 is 5.91 Å². The quantitative estimate of drug-likeness (QED) is 0.579. The van der Waals surface area contributed by atoms with Crippen LogP contribution >= 0.6 is 11.6 Å². The summed E-state index contributed by atoms with van der Waals surface area (Å²) in [5.41, 5.74) is 3.11. The van der Waals surface area contributed by atoms with Crippen molar-refractivity contribution in [1.82, 2.24) is 5.43 Å². The maximum Gasteiger partial charge on any atom is 0.277 e. The molecule has 0 saturated heterocycles. The number of hydrogen-bond donors (Lipinski definition) is 3. The second-order valence-electron chi connectivity index (χ2n) is 4.68. The first-order valence-electron chi connectivity index (χ1n) is 6.69. The smallest absolute Gasteiger partial charge is 0.277 e. The van der Waals surface area contributed by atoms with Gasteiger partial charge in [-0.1, -0.05) is 17.7 Å². The van der Waals surface area contributed by atoms with E-state index in [1.807, 2.05) is 0 Å². The summed E-state index contributed by atoms with van der Waals surface area (Å²) in [6.07, 6.45) is 0. The topological polar surface area (TPSA) is 91.2 Å². The fraction of sp³-hybridized carbons (Fsp3) is 0.125. The number of benzene rings is 2. The highest BCUT2D eigenvalue weighted by molar-refractivity contribution is 6.30. The minimum absolute atomic E-state index is 0.0574. The molecule has 0 aliphatic heterocycles. The van der Waals surface area contributed by atoms with Crippen LogP contribution in [0.25, 0.3) is 0 Å². The maximum atomic E-state index is 11.7. The molecule has 2 aromatic carbocycles. The molecule has 0 atom stereocenters. The second kappa shape index (κ2) is 7.51. The molecule has 6 nitrogen and oxygen atoms in total. The van der Waals surface area contributed by atoms with Crippen molar-refractivity contribution < 1.29 is 19.7 Å². The predicted molar refractivity (Wildman–Crippen MR) is 87.1 cm³/mol. The van der Waals surface area contributed by atoms with Crippen molar-refractivity contribution in [3.63, 3.8) is 0 Å². The molecule has 120 valence electrons. The third kappa shape index (κ3) is 4.89. The molecule has 0 unspecified atom stereocenters. The highest BCUT2D eigenvalue weighted by Crippen LogP contribution is 2.23. The lowest BCUT2D eigenvalue weighted by atomic mass is 10.1. The first-order valence-corrected chi connectivity index (χ1v) is 7.07. The molecule has 0 aliphatic rings. The molecule has 7 heteroatoms. The Morgan fingerprint density at radius 3 is 2.74 bits per heavy atom. The Balaban J connectivity index is 1.92. The van der Waals surface area contributed by atoms with Gasteiger partial charge in [-0.2, -0.15) is 5.10 Å². The molecule has 0 spiro atoms. The number of hydrogen-bond acceptors (Lipinski definition) is 5. The van der Waals surface area contributed by atoms with Crippen LogP contribution in [-0.4, -0.2) is 28.4 Å². The van der Waals surface area contributed by atoms with Gasteiger partial charge in [0.2, 0.25) is 0 Å². The molecule has 1 amide bonds. The summed E-state index contributed by atoms with van der Waals surface area (Å²) in [6, 6.07) is 10.8. The average Bonchev–Trinajstić information content (AvgIpc) is 2.50. The summed E-state index contributed by atoms with van der Waals surface area (Å²) in [5.74, 6) is -0.166. The van der Waals surface area contributed by atoms with Crippen LogP contribution in [0.2, 0.25) is 5.02 Å². The lowest BCUT2D eigenvalue weighted by Gasteiger charge is -2.07. The van der Waals surface area contributed by atoms with Crippen molar-refractivity contribution in [2.75, 3.05) is 6.61 Å². The van der Waals surface area contributed by atoms with Crippen LogP contribution in [0.4, 0.5) is 0 Å². The zero-order valence-electron chi connectivity index (χ0n) is 12.3. The van der Waals surface area contributed by atoms with E-state index in [4.69, 9.17) is 16.3 Å². The summed E-state index contributed by atoms with van der Waals surface area (Å²) >= 11 is 5.81. The number of carbonyl (C=O) groups is 1. The number of amides is 1. The molecular weight excluding hydrogens is 320 g/mol. The van der Waals surface area contributed by atoms with Crippen molar-refractivity contribution in [1.29, 1.82) is 0 Å². The molecule has 0 aromatic heterocycles. The van der Waals surface area contributed by atoms with Crippen molar-refractivity contribution >= 4 is 23.2 Å². The van der Waals surface area contributed by atoms with Gasteiger partial charge in [-0.25, -0.2) is 5.43 Å². The Labute approximate surface area is 138 Å². The van der Waals surface area contributed by atoms with Gasteiger partial charge in [0.05, 0.1) is 5.71 Å². The molecule has 3 N–H and O–H groups in total. The van der Waals surface area contributed by atoms with Crippen molar-refractivity contribution in [3.05, 3.63) is 53.1 Å². The highest BCUT2D eigenvalue weighted by atomic mass is 35.5. The van der Waals surface area contributed by atoms with E-state index in [1.54, 1.807) is 31.2 Å². The number of halogens is 1. The van der Waals surface area contributed by atoms with Crippen molar-refractivity contribution in [2.24, 2.45) is 5.10 Å². The first kappa shape index (κ1) is 16.6. The highest BCUT2D eigenvalue weighted by Gasteiger charge is 2.07. The van der Waals surface area contributed by atoms with Gasteiger partial charge in [0.1, 0.15) is 17.2 Å². The Bertz CT molecular complexity index is 747. The number of hydrazone groups is 1. The van der Waals surface area contributed by atoms with Gasteiger partial charge >= 0.3 is 0 Å². The summed E-state index contributed by atoms with van der Waals surface area (Å²) < 4.78 is 5.28. The molecule has 0 bridgehead atoms. The zero-order chi connectivity index (χ0) is 16.8. The normalized spacial score (nSPS) is 11.1. The molecule has 0 radical (unpaired) electrons. The maximum absolute atomic E-state index is 11.7. The molecule has 2 rings (SSSR count). The largest absolute Gasteiger partial charge is 0.508 e. The Hall–Kier alpha value is -2.73. The number of ether oxygens (including phenoxy) is 1. The lowest BCUT2D eigenvalue weighted by molar-refractivity contribution is -0.123. The Kier molecular flexibility index (Phi) is 5.43. The van der Waals surface area contributed by atoms with E-state index in [2.05, 4.69) is 10.5 Å². The van der Waals surface area contributed by atoms with Crippen LogP contribution in [-0.2, 0) is 4.79 Å². The van der Waals surface area contributed by atoms with Crippen LogP contribution in [0.15, 0.2) is 47.6 Å². The number of phenolic OH excluding ortho intramolecular Hbond substituents is 2. The van der Waals surface area contributed by atoms with Gasteiger partial charge in [-0.05, 0) is 37.3 Å². The summed E-state index contributed by atoms with van der Waals surface area (Å²) in [5, 5.41) is 23.4. The van der Waals surface area contributed by atoms with Crippen LogP contribution in [0.3, 0.4) is 0 Å². The van der Waals surface area contributed by atoms with E-state index in [0.29, 0.717) is 22.0 Å². The summed E-state index contributed by atoms with van der Waals surface area (Å²) in [7, 11) is 0. The number of aromatic hydroxyl groups is 2. The number of carbonyl (C=O) groups excluding carboxylic acids is 1. The molecule has 23 heavy (non-hydrogen) atoms. The zero-order valence-corrected chi connectivity index (χ0v) is 13.0. The molecule has 0 saturated carbocycles. The van der Waals surface area contributed by atoms with Gasteiger partial charge in [0, 0.05) is 16.7 Å². The average molecular weight is 335 g/mol. The van der Waals surface area contributed by atoms with E-state index in [-0.39, 0.29) is 18.1 Å². The Morgan fingerprint density at radius 1 is 1.26 bits per heavy atom. The van der Waals surface area contributed by atoms with Gasteiger partial charge in [0.25, 0.3) is 5.91 Å². The molecular formula is C16H15ClN2O4. The predicted octanol–water partition coefficient (Wildman–Crippen LogP) is 2.67. The number of nitrogens with one attached hydrogen (secondary N) is 1. The van der Waals surface area contributed by atoms with Crippen molar-refractivity contribution in [3.8, 4) is 17.2 Å². The first-order chi connectivity index (χ1) is 11.0. The molecule has 0 heterocycles. The van der Waals surface area contributed by atoms with Gasteiger partial charge in [0.15, 0.2) is 6.61 Å². The van der Waals surface area contributed by atoms with E-state index in [0.717, 1.165) is 0 Å². The van der Waals surface area contributed by atoms with Crippen LogP contribution in [0.5, 0.6) is 17.2 Å². The van der Waals surface area contributed by atoms with Crippen LogP contribution < -0.4 is 10.2 Å². The van der Waals surface area contributed by atoms with Crippen LogP contribution in [0.1, 0.15) is 12.5 Å². The lowest BCUT2D eigenvalue weighted by Crippen LogP contribution is -2.25. The monoisotopic (exact) mass is 334 g/mol. The van der Waals surface area contributed by atoms with Crippen molar-refractivity contribution in [2.45, 2.75) is 6.92 Å². The minimum atomic E-state index is -0.456. The SMILES string of the molecule is C/C(=N\NC(=O)COc1cccc(Cl)c1)c1ccc(O)cc1O. The fourth-order valence-electron chi connectivity index (χ4n) is 1.77. The van der Waals surface area contributed by atoms with E-state index >= 15 is 0 Å². The summed E-state index contributed by atoms with van der Waals surface area (Å²) in [4.78, 5) is 11.7. The number of nitrogens with zero attached hydrogens (tertiary/aromatic N) is 1. The third-order valence-electron chi connectivity index (χ3n) is 2.89. The second-order valence-corrected chi connectivity index (χ2v) is 5.12. The van der Waals surface area contributed by atoms with E-state index in [1.165, 1.54) is 18.2 Å². The van der Waals surface area contributed by atoms with Gasteiger partial charge < -0.3 is 14.9 Å². The fourth-order valence-corrected chi connectivity index (χ4v) is 1.95. The van der Waals surface area contributed by atoms with E-state index in [9.17, 15) is 15.0 Å². The molecule has 0 aliphatic carbocycles. The third-order valence-corrected chi connectivity index (χ3v) is 3.12.